The zero-order valence-corrected chi connectivity index (χ0v) is 29.2. The third kappa shape index (κ3) is 7.56. The fourth-order valence-corrected chi connectivity index (χ4v) is 6.95. The lowest BCUT2D eigenvalue weighted by atomic mass is 9.92. The van der Waals surface area contributed by atoms with Gasteiger partial charge in [-0.2, -0.15) is 13.2 Å². The van der Waals surface area contributed by atoms with Gasteiger partial charge in [0.05, 0.1) is 24.6 Å². The Hall–Kier alpha value is -4.75. The van der Waals surface area contributed by atoms with Crippen LogP contribution in [0, 0.1) is 19.7 Å². The highest BCUT2D eigenvalue weighted by molar-refractivity contribution is 6.31. The molecule has 1 saturated heterocycles. The quantitative estimate of drug-likeness (QED) is 0.155. The van der Waals surface area contributed by atoms with E-state index < -0.39 is 59.7 Å². The standard InChI is InChI=1S/C38H35ClF5N3O5/c1-4-51-33(49)16-30-27-13-23(12-21(3)35(27)41)34-20(2)6-5-7-31(34)52-25-8-9-29(39)26(14-25)36(37(50)45-30)47-17-22(10-11-46-18-24(40)19-46)28(15-32(47)48)38(42,43)44/h5-9,12-15,17,24,30,36H,4,10-11,16,18-19H2,1-3H3,(H,45,50)/t30-,36+/m0/s1. The number of benzene rings is 3. The number of nitrogens with zero attached hydrogens (tertiary/aromatic N) is 2. The summed E-state index contributed by atoms with van der Waals surface area (Å²) in [7, 11) is 0. The molecular weight excluding hydrogens is 709 g/mol. The number of hydrogen-bond acceptors (Lipinski definition) is 6. The lowest BCUT2D eigenvalue weighted by Crippen LogP contribution is -2.49. The summed E-state index contributed by atoms with van der Waals surface area (Å²) in [4.78, 5) is 42.8. The zero-order valence-electron chi connectivity index (χ0n) is 28.5. The fourth-order valence-electron chi connectivity index (χ4n) is 6.73. The highest BCUT2D eigenvalue weighted by Gasteiger charge is 2.37. The molecule has 3 aromatic carbocycles. The Kier molecular flexibility index (Phi) is 10.5. The highest BCUT2D eigenvalue weighted by atomic mass is 35.5. The molecular formula is C38H35ClF5N3O5. The SMILES string of the molecule is CCOC(=O)C[C@@H]1NC(=O)[C@H](n2cc(CCN3CC(F)C3)c(C(F)(F)F)cc2=O)c2cc(ccc2Cl)Oc2cccc(C)c2-c2cc(C)c(F)c1c2. The number of rotatable bonds is 7. The van der Waals surface area contributed by atoms with E-state index in [4.69, 9.17) is 21.1 Å². The Morgan fingerprint density at radius 3 is 2.48 bits per heavy atom. The number of alkyl halides is 4. The molecule has 2 aliphatic heterocycles. The van der Waals surface area contributed by atoms with E-state index >= 15 is 4.39 Å². The first kappa shape index (κ1) is 37.0. The molecule has 6 rings (SSSR count). The molecule has 274 valence electrons. The van der Waals surface area contributed by atoms with E-state index in [-0.39, 0.29) is 65.7 Å². The van der Waals surface area contributed by atoms with E-state index in [1.165, 1.54) is 31.2 Å². The van der Waals surface area contributed by atoms with E-state index in [2.05, 4.69) is 5.32 Å². The van der Waals surface area contributed by atoms with E-state index in [9.17, 15) is 31.9 Å². The number of fused-ring (bicyclic) bond motifs is 6. The molecule has 2 atom stereocenters. The van der Waals surface area contributed by atoms with Crippen LogP contribution in [0.25, 0.3) is 11.1 Å². The molecule has 0 aliphatic carbocycles. The van der Waals surface area contributed by atoms with Gasteiger partial charge in [-0.3, -0.25) is 23.9 Å². The maximum Gasteiger partial charge on any atom is 0.416 e. The Balaban J connectivity index is 1.58. The number of carbonyl (C=O) groups excluding carboxylic acids is 2. The van der Waals surface area contributed by atoms with Gasteiger partial charge in [0, 0.05) is 53.6 Å². The summed E-state index contributed by atoms with van der Waals surface area (Å²) in [6.45, 7) is 5.16. The third-order valence-electron chi connectivity index (χ3n) is 9.27. The number of likely N-dealkylation sites (tertiary alicyclic amines) is 1. The molecule has 2 aliphatic rings. The van der Waals surface area contributed by atoms with Crippen molar-refractivity contribution in [1.82, 2.24) is 14.8 Å². The number of ether oxygens (including phenoxy) is 2. The summed E-state index contributed by atoms with van der Waals surface area (Å²) in [6.07, 6.45) is -5.78. The first-order chi connectivity index (χ1) is 24.6. The molecule has 1 fully saturated rings. The minimum atomic E-state index is -4.92. The lowest BCUT2D eigenvalue weighted by molar-refractivity contribution is -0.144. The first-order valence-electron chi connectivity index (χ1n) is 16.7. The van der Waals surface area contributed by atoms with Gasteiger partial charge in [0.15, 0.2) is 0 Å². The van der Waals surface area contributed by atoms with Gasteiger partial charge in [0.1, 0.15) is 29.5 Å². The molecule has 4 aromatic rings. The number of amides is 1. The van der Waals surface area contributed by atoms with Crippen molar-refractivity contribution >= 4 is 23.5 Å². The van der Waals surface area contributed by atoms with E-state index in [0.29, 0.717) is 22.9 Å². The van der Waals surface area contributed by atoms with Crippen LogP contribution in [-0.4, -0.2) is 53.8 Å². The van der Waals surface area contributed by atoms with Gasteiger partial charge >= 0.3 is 12.1 Å². The molecule has 14 heteroatoms. The molecule has 0 radical (unpaired) electrons. The monoisotopic (exact) mass is 743 g/mol. The Labute approximate surface area is 301 Å². The Morgan fingerprint density at radius 1 is 1.04 bits per heavy atom. The Bertz CT molecular complexity index is 2100. The average Bonchev–Trinajstić information content (AvgIpc) is 3.06. The highest BCUT2D eigenvalue weighted by Crippen LogP contribution is 2.41. The minimum absolute atomic E-state index is 0.00310. The molecule has 0 saturated carbocycles. The van der Waals surface area contributed by atoms with Gasteiger partial charge in [-0.1, -0.05) is 23.7 Å². The van der Waals surface area contributed by atoms with Crippen molar-refractivity contribution in [1.29, 1.82) is 0 Å². The summed E-state index contributed by atoms with van der Waals surface area (Å²) in [6, 6.07) is 10.1. The fraction of sp³-hybridized carbons (Fsp3) is 0.342. The number of pyridine rings is 1. The van der Waals surface area contributed by atoms with Gasteiger partial charge in [0.25, 0.3) is 5.56 Å². The molecule has 0 spiro atoms. The van der Waals surface area contributed by atoms with Gasteiger partial charge in [0.2, 0.25) is 5.91 Å². The summed E-state index contributed by atoms with van der Waals surface area (Å²) < 4.78 is 84.8. The second-order valence-electron chi connectivity index (χ2n) is 13.0. The van der Waals surface area contributed by atoms with Crippen LogP contribution in [-0.2, 0) is 26.9 Å². The first-order valence-corrected chi connectivity index (χ1v) is 17.0. The largest absolute Gasteiger partial charge is 0.466 e. The number of halogens is 6. The second-order valence-corrected chi connectivity index (χ2v) is 13.4. The molecule has 4 bridgehead atoms. The van der Waals surface area contributed by atoms with Crippen LogP contribution in [0.2, 0.25) is 5.02 Å². The number of hydrogen-bond donors (Lipinski definition) is 1. The molecule has 3 heterocycles. The molecule has 52 heavy (non-hydrogen) atoms. The number of esters is 1. The smallest absolute Gasteiger partial charge is 0.416 e. The Morgan fingerprint density at radius 2 is 1.79 bits per heavy atom. The molecule has 0 unspecified atom stereocenters. The minimum Gasteiger partial charge on any atom is -0.466 e. The number of aromatic nitrogens is 1. The van der Waals surface area contributed by atoms with Crippen molar-refractivity contribution in [3.05, 3.63) is 115 Å². The second kappa shape index (κ2) is 14.7. The van der Waals surface area contributed by atoms with Gasteiger partial charge in [-0.25, -0.2) is 8.78 Å². The maximum absolute atomic E-state index is 16.1. The van der Waals surface area contributed by atoms with Gasteiger partial charge in [-0.05, 0) is 85.8 Å². The van der Waals surface area contributed by atoms with E-state index in [1.807, 2.05) is 13.0 Å². The molecule has 8 nitrogen and oxygen atoms in total. The van der Waals surface area contributed by atoms with Gasteiger partial charge < -0.3 is 14.8 Å². The van der Waals surface area contributed by atoms with Crippen LogP contribution < -0.4 is 15.6 Å². The third-order valence-corrected chi connectivity index (χ3v) is 9.61. The van der Waals surface area contributed by atoms with Crippen molar-refractivity contribution in [2.75, 3.05) is 26.2 Å². The van der Waals surface area contributed by atoms with Crippen LogP contribution in [0.3, 0.4) is 0 Å². The topological polar surface area (TPSA) is 89.9 Å². The maximum atomic E-state index is 16.1. The van der Waals surface area contributed by atoms with Crippen LogP contribution in [0.5, 0.6) is 11.5 Å². The van der Waals surface area contributed by atoms with Crippen LogP contribution in [0.4, 0.5) is 22.0 Å². The van der Waals surface area contributed by atoms with E-state index in [0.717, 1.165) is 16.3 Å². The predicted molar refractivity (Wildman–Crippen MR) is 184 cm³/mol. The number of nitrogens with one attached hydrogen (secondary N) is 1. The zero-order chi connectivity index (χ0) is 37.5. The van der Waals surface area contributed by atoms with Crippen LogP contribution in [0.1, 0.15) is 58.8 Å². The average molecular weight is 744 g/mol. The summed E-state index contributed by atoms with van der Waals surface area (Å²) in [5, 5.41) is 2.67. The van der Waals surface area contributed by atoms with Crippen molar-refractivity contribution in [3.63, 3.8) is 0 Å². The number of aryl methyl sites for hydroxylation is 2. The summed E-state index contributed by atoms with van der Waals surface area (Å²) >= 11 is 6.69. The lowest BCUT2D eigenvalue weighted by Gasteiger charge is -2.34. The summed E-state index contributed by atoms with van der Waals surface area (Å²) in [5.41, 5.74) is -0.665. The molecule has 1 aromatic heterocycles. The molecule has 1 N–H and O–H groups in total. The van der Waals surface area contributed by atoms with Crippen molar-refractivity contribution in [2.24, 2.45) is 0 Å². The van der Waals surface area contributed by atoms with Crippen LogP contribution >= 0.6 is 11.6 Å². The normalized spacial score (nSPS) is 17.8. The van der Waals surface area contributed by atoms with E-state index in [1.54, 1.807) is 30.0 Å². The number of carbonyl (C=O) groups is 2. The predicted octanol–water partition coefficient (Wildman–Crippen LogP) is 7.65. The van der Waals surface area contributed by atoms with Crippen molar-refractivity contribution < 1.29 is 41.0 Å². The molecule has 1 amide bonds. The van der Waals surface area contributed by atoms with Crippen LogP contribution in [0.15, 0.2) is 65.6 Å². The van der Waals surface area contributed by atoms with Gasteiger partial charge in [-0.15, -0.1) is 0 Å². The summed E-state index contributed by atoms with van der Waals surface area (Å²) in [5.74, 6) is -1.90. The van der Waals surface area contributed by atoms with Crippen molar-refractivity contribution in [3.8, 4) is 22.6 Å². The van der Waals surface area contributed by atoms with Crippen molar-refractivity contribution in [2.45, 2.75) is 58.0 Å².